The lowest BCUT2D eigenvalue weighted by Gasteiger charge is -2.42. The van der Waals surface area contributed by atoms with Crippen molar-refractivity contribution in [1.82, 2.24) is 5.32 Å². The minimum atomic E-state index is -0.720. The summed E-state index contributed by atoms with van der Waals surface area (Å²) in [5.41, 5.74) is 9.11. The monoisotopic (exact) mass is 490 g/mol. The van der Waals surface area contributed by atoms with Gasteiger partial charge in [-0.3, -0.25) is 4.79 Å². The number of carboxylic acid groups (broad SMARTS) is 1. The molecule has 5 heteroatoms. The minimum absolute atomic E-state index is 0.310. The molecule has 0 heterocycles. The Morgan fingerprint density at radius 2 is 1.31 bits per heavy atom. The zero-order chi connectivity index (χ0) is 25.2. The molecule has 3 aromatic carbocycles. The van der Waals surface area contributed by atoms with Gasteiger partial charge in [-0.25, -0.2) is 0 Å². The molecule has 0 amide bonds. The molecular weight excluding hydrogens is 452 g/mol. The molecule has 186 valence electrons. The average molecular weight is 491 g/mol. The highest BCUT2D eigenvalue weighted by atomic mass is 32.2. The van der Waals surface area contributed by atoms with Crippen molar-refractivity contribution in [1.29, 1.82) is 0 Å². The summed E-state index contributed by atoms with van der Waals surface area (Å²) in [6.07, 6.45) is 2.04. The second kappa shape index (κ2) is 12.9. The van der Waals surface area contributed by atoms with Crippen LogP contribution < -0.4 is 11.1 Å². The Morgan fingerprint density at radius 1 is 0.857 bits per heavy atom. The Labute approximate surface area is 214 Å². The Morgan fingerprint density at radius 3 is 1.71 bits per heavy atom. The number of carboxylic acids is 1. The van der Waals surface area contributed by atoms with Crippen LogP contribution in [0.1, 0.15) is 49.8 Å². The van der Waals surface area contributed by atoms with Crippen LogP contribution in [0.15, 0.2) is 91.0 Å². The molecule has 0 spiro atoms. The van der Waals surface area contributed by atoms with E-state index in [1.54, 1.807) is 0 Å². The summed E-state index contributed by atoms with van der Waals surface area (Å²) < 4.78 is -0.783. The number of nitrogens with two attached hydrogens (primary N) is 1. The zero-order valence-electron chi connectivity index (χ0n) is 20.8. The van der Waals surface area contributed by atoms with Gasteiger partial charge in [0.15, 0.2) is 0 Å². The highest BCUT2D eigenvalue weighted by molar-refractivity contribution is 8.01. The molecule has 0 bridgehead atoms. The lowest BCUT2D eigenvalue weighted by atomic mass is 9.84. The molecule has 0 aliphatic rings. The number of thioether (sulfide) groups is 1. The number of hydrogen-bond donors (Lipinski definition) is 3. The Hall–Kier alpha value is -2.60. The summed E-state index contributed by atoms with van der Waals surface area (Å²) in [7, 11) is 0. The van der Waals surface area contributed by atoms with E-state index >= 15 is 0 Å². The molecular formula is C30H38N2O2S. The van der Waals surface area contributed by atoms with Crippen LogP contribution >= 0.6 is 11.8 Å². The summed E-state index contributed by atoms with van der Waals surface area (Å²) in [5, 5.41) is 13.3. The van der Waals surface area contributed by atoms with Crippen molar-refractivity contribution in [3.05, 3.63) is 108 Å². The molecule has 3 rings (SSSR count). The van der Waals surface area contributed by atoms with Crippen LogP contribution in [0.4, 0.5) is 0 Å². The molecule has 4 N–H and O–H groups in total. The van der Waals surface area contributed by atoms with E-state index in [-0.39, 0.29) is 4.75 Å². The first kappa shape index (κ1) is 27.0. The first-order valence-electron chi connectivity index (χ1n) is 12.4. The number of benzene rings is 3. The lowest BCUT2D eigenvalue weighted by Crippen LogP contribution is -2.34. The van der Waals surface area contributed by atoms with Gasteiger partial charge in [-0.05, 0) is 42.5 Å². The largest absolute Gasteiger partial charge is 0.481 e. The number of aliphatic carboxylic acids is 1. The number of carbonyl (C=O) groups is 1. The molecule has 1 atom stereocenters. The Balaban J connectivity index is 1.98. The predicted octanol–water partition coefficient (Wildman–Crippen LogP) is 5.91. The van der Waals surface area contributed by atoms with E-state index < -0.39 is 16.6 Å². The van der Waals surface area contributed by atoms with E-state index in [0.29, 0.717) is 19.4 Å². The number of rotatable bonds is 14. The molecule has 0 aliphatic carbocycles. The van der Waals surface area contributed by atoms with Crippen molar-refractivity contribution in [3.63, 3.8) is 0 Å². The van der Waals surface area contributed by atoms with Crippen molar-refractivity contribution in [2.24, 2.45) is 11.7 Å². The van der Waals surface area contributed by atoms with Gasteiger partial charge in [0.2, 0.25) is 0 Å². The van der Waals surface area contributed by atoms with Crippen molar-refractivity contribution in [2.75, 3.05) is 19.6 Å². The van der Waals surface area contributed by atoms with Gasteiger partial charge in [0.1, 0.15) is 0 Å². The molecule has 0 saturated heterocycles. The van der Waals surface area contributed by atoms with Gasteiger partial charge in [0.05, 0.1) is 10.7 Å². The molecule has 0 saturated carbocycles. The highest BCUT2D eigenvalue weighted by Gasteiger charge is 2.43. The average Bonchev–Trinajstić information content (AvgIpc) is 2.88. The van der Waals surface area contributed by atoms with Gasteiger partial charge in [0.25, 0.3) is 0 Å². The van der Waals surface area contributed by atoms with E-state index in [9.17, 15) is 9.90 Å². The Bertz CT molecular complexity index is 929. The highest BCUT2D eigenvalue weighted by Crippen LogP contribution is 2.54. The molecule has 0 aliphatic heterocycles. The Kier molecular flexibility index (Phi) is 9.96. The first-order chi connectivity index (χ1) is 16.9. The van der Waals surface area contributed by atoms with Gasteiger partial charge in [-0.15, -0.1) is 11.8 Å². The van der Waals surface area contributed by atoms with Crippen molar-refractivity contribution < 1.29 is 9.90 Å². The maximum Gasteiger partial charge on any atom is 0.306 e. The lowest BCUT2D eigenvalue weighted by molar-refractivity contribution is -0.142. The molecule has 4 nitrogen and oxygen atoms in total. The first-order valence-corrected chi connectivity index (χ1v) is 13.2. The van der Waals surface area contributed by atoms with Crippen LogP contribution in [0.5, 0.6) is 0 Å². The summed E-state index contributed by atoms with van der Waals surface area (Å²) in [6.45, 7) is 6.50. The molecule has 0 radical (unpaired) electrons. The fourth-order valence-corrected chi connectivity index (χ4v) is 6.63. The quantitative estimate of drug-likeness (QED) is 0.193. The summed E-state index contributed by atoms with van der Waals surface area (Å²) in [5.74, 6) is -1.13. The third kappa shape index (κ3) is 7.20. The standard InChI is InChI=1S/C30H38N2O2S/c1-29(2,23-24(28(33)34)13-12-21-32-22-20-31)35-30(25-14-6-3-7-15-25,26-16-8-4-9-17-26)27-18-10-5-11-19-27/h3-11,14-19,24,32H,12-13,20-23,31H2,1-2H3,(H,33,34). The summed E-state index contributed by atoms with van der Waals surface area (Å²) in [6, 6.07) is 31.7. The molecule has 3 aromatic rings. The normalized spacial score (nSPS) is 12.9. The molecule has 35 heavy (non-hydrogen) atoms. The fourth-order valence-electron chi connectivity index (χ4n) is 4.76. The van der Waals surface area contributed by atoms with Crippen LogP contribution in [0.3, 0.4) is 0 Å². The van der Waals surface area contributed by atoms with Gasteiger partial charge in [-0.2, -0.15) is 0 Å². The van der Waals surface area contributed by atoms with Crippen LogP contribution in [0, 0.1) is 5.92 Å². The van der Waals surface area contributed by atoms with Gasteiger partial charge < -0.3 is 16.2 Å². The van der Waals surface area contributed by atoms with Gasteiger partial charge in [0, 0.05) is 17.8 Å². The van der Waals surface area contributed by atoms with E-state index in [1.165, 1.54) is 16.7 Å². The van der Waals surface area contributed by atoms with Gasteiger partial charge >= 0.3 is 5.97 Å². The number of hydrogen-bond acceptors (Lipinski definition) is 4. The second-order valence-corrected chi connectivity index (χ2v) is 11.5. The smallest absolute Gasteiger partial charge is 0.306 e. The van der Waals surface area contributed by atoms with Crippen LogP contribution in [0.25, 0.3) is 0 Å². The van der Waals surface area contributed by atoms with Crippen LogP contribution in [0.2, 0.25) is 0 Å². The topological polar surface area (TPSA) is 75.3 Å². The summed E-state index contributed by atoms with van der Waals surface area (Å²) in [4.78, 5) is 12.2. The second-order valence-electron chi connectivity index (χ2n) is 9.56. The molecule has 0 aromatic heterocycles. The van der Waals surface area contributed by atoms with E-state index in [0.717, 1.165) is 19.5 Å². The van der Waals surface area contributed by atoms with Crippen molar-refractivity contribution in [2.45, 2.75) is 42.6 Å². The van der Waals surface area contributed by atoms with Crippen molar-refractivity contribution >= 4 is 17.7 Å². The van der Waals surface area contributed by atoms with Crippen LogP contribution in [-0.4, -0.2) is 35.5 Å². The van der Waals surface area contributed by atoms with Gasteiger partial charge in [-0.1, -0.05) is 105 Å². The third-order valence-corrected chi connectivity index (χ3v) is 8.02. The molecule has 1 unspecified atom stereocenters. The van der Waals surface area contributed by atoms with E-state index in [1.807, 2.05) is 30.0 Å². The van der Waals surface area contributed by atoms with Crippen LogP contribution in [-0.2, 0) is 9.54 Å². The zero-order valence-corrected chi connectivity index (χ0v) is 21.6. The maximum absolute atomic E-state index is 12.2. The minimum Gasteiger partial charge on any atom is -0.481 e. The fraction of sp³-hybridized carbons (Fsp3) is 0.367. The maximum atomic E-state index is 12.2. The molecule has 0 fully saturated rings. The third-order valence-electron chi connectivity index (χ3n) is 6.28. The predicted molar refractivity (Wildman–Crippen MR) is 148 cm³/mol. The van der Waals surface area contributed by atoms with E-state index in [4.69, 9.17) is 5.73 Å². The number of nitrogens with one attached hydrogen (secondary N) is 1. The summed E-state index contributed by atoms with van der Waals surface area (Å²) >= 11 is 1.85. The van der Waals surface area contributed by atoms with E-state index in [2.05, 4.69) is 92.0 Å². The van der Waals surface area contributed by atoms with Crippen molar-refractivity contribution in [3.8, 4) is 0 Å². The SMILES string of the molecule is CC(C)(CC(CCCNCCN)C(=O)O)SC(c1ccccc1)(c1ccccc1)c1ccccc1.